The zero-order valence-electron chi connectivity index (χ0n) is 42.6. The van der Waals surface area contributed by atoms with Gasteiger partial charge in [0.05, 0.1) is 25.4 Å². The van der Waals surface area contributed by atoms with Gasteiger partial charge >= 0.3 is 5.97 Å². The standard InChI is InChI=1S/C57H111NO5/c1-3-5-7-9-11-13-15-16-24-28-31-35-39-43-47-51-57(62)63-52-48-44-40-36-32-29-26-23-21-19-17-18-20-22-25-27-30-34-38-42-46-50-56(61)58-54(53-59)55(60)49-45-41-37-33-14-12-10-8-6-4-2/h45,49,54-55,59-60H,3-44,46-48,50-53H2,1-2H3,(H,58,61)/b49-45+. The molecule has 3 N–H and O–H groups in total. The molecule has 0 aliphatic rings. The third-order valence-corrected chi connectivity index (χ3v) is 13.3. The predicted octanol–water partition coefficient (Wildman–Crippen LogP) is 17.3. The van der Waals surface area contributed by atoms with E-state index in [1.807, 2.05) is 6.08 Å². The van der Waals surface area contributed by atoms with Gasteiger partial charge in [-0.1, -0.05) is 283 Å². The summed E-state index contributed by atoms with van der Waals surface area (Å²) in [5, 5.41) is 23.0. The quantitative estimate of drug-likeness (QED) is 0.0321. The summed E-state index contributed by atoms with van der Waals surface area (Å²) in [5.74, 6) is -0.0554. The molecule has 0 spiro atoms. The lowest BCUT2D eigenvalue weighted by Gasteiger charge is -2.20. The highest BCUT2D eigenvalue weighted by atomic mass is 16.5. The monoisotopic (exact) mass is 890 g/mol. The summed E-state index contributed by atoms with van der Waals surface area (Å²) in [6.07, 6.45) is 62.4. The van der Waals surface area contributed by atoms with Gasteiger partial charge in [-0.05, 0) is 32.1 Å². The number of ether oxygens (including phenoxy) is 1. The van der Waals surface area contributed by atoms with Gasteiger partial charge < -0.3 is 20.3 Å². The molecule has 0 aromatic carbocycles. The van der Waals surface area contributed by atoms with Crippen LogP contribution in [-0.2, 0) is 14.3 Å². The Morgan fingerprint density at radius 3 is 1.08 bits per heavy atom. The number of amides is 1. The fourth-order valence-corrected chi connectivity index (χ4v) is 8.93. The number of hydrogen-bond acceptors (Lipinski definition) is 5. The third kappa shape index (κ3) is 49.9. The molecule has 0 rings (SSSR count). The van der Waals surface area contributed by atoms with Gasteiger partial charge in [0.15, 0.2) is 0 Å². The van der Waals surface area contributed by atoms with E-state index in [0.29, 0.717) is 19.4 Å². The van der Waals surface area contributed by atoms with Crippen LogP contribution in [0.2, 0.25) is 0 Å². The molecule has 0 saturated heterocycles. The summed E-state index contributed by atoms with van der Waals surface area (Å²) >= 11 is 0. The van der Waals surface area contributed by atoms with Crippen LogP contribution in [0.5, 0.6) is 0 Å². The Kier molecular flexibility index (Phi) is 52.0. The maximum atomic E-state index is 12.4. The highest BCUT2D eigenvalue weighted by Gasteiger charge is 2.18. The molecule has 0 aromatic rings. The third-order valence-electron chi connectivity index (χ3n) is 13.3. The molecule has 0 heterocycles. The van der Waals surface area contributed by atoms with Crippen LogP contribution in [0.15, 0.2) is 12.2 Å². The van der Waals surface area contributed by atoms with E-state index in [9.17, 15) is 19.8 Å². The Hall–Kier alpha value is -1.40. The van der Waals surface area contributed by atoms with Crippen molar-refractivity contribution in [3.8, 4) is 0 Å². The molecular formula is C57H111NO5. The number of unbranched alkanes of at least 4 members (excludes halogenated alkanes) is 42. The summed E-state index contributed by atoms with van der Waals surface area (Å²) in [7, 11) is 0. The molecule has 0 radical (unpaired) electrons. The van der Waals surface area contributed by atoms with E-state index < -0.39 is 12.1 Å². The number of rotatable bonds is 53. The fraction of sp³-hybridized carbons (Fsp3) is 0.930. The van der Waals surface area contributed by atoms with Crippen LogP contribution < -0.4 is 5.32 Å². The molecular weight excluding hydrogens is 779 g/mol. The van der Waals surface area contributed by atoms with Crippen molar-refractivity contribution >= 4 is 11.9 Å². The Morgan fingerprint density at radius 2 is 0.730 bits per heavy atom. The van der Waals surface area contributed by atoms with Crippen LogP contribution in [0.1, 0.15) is 316 Å². The average molecular weight is 891 g/mol. The Labute approximate surface area is 393 Å². The first kappa shape index (κ1) is 61.6. The molecule has 0 fully saturated rings. The van der Waals surface area contributed by atoms with Gasteiger partial charge in [-0.3, -0.25) is 9.59 Å². The average Bonchev–Trinajstić information content (AvgIpc) is 3.28. The summed E-state index contributed by atoms with van der Waals surface area (Å²) < 4.78 is 5.48. The second-order valence-electron chi connectivity index (χ2n) is 19.6. The molecule has 374 valence electrons. The second-order valence-corrected chi connectivity index (χ2v) is 19.6. The molecule has 0 aromatic heterocycles. The first-order valence-electron chi connectivity index (χ1n) is 28.5. The lowest BCUT2D eigenvalue weighted by atomic mass is 10.0. The first-order chi connectivity index (χ1) is 31.0. The molecule has 0 aliphatic carbocycles. The van der Waals surface area contributed by atoms with E-state index in [2.05, 4.69) is 19.2 Å². The van der Waals surface area contributed by atoms with Gasteiger partial charge in [-0.25, -0.2) is 0 Å². The highest BCUT2D eigenvalue weighted by molar-refractivity contribution is 5.76. The number of carbonyl (C=O) groups excluding carboxylic acids is 2. The Morgan fingerprint density at radius 1 is 0.429 bits per heavy atom. The number of esters is 1. The van der Waals surface area contributed by atoms with Crippen molar-refractivity contribution in [2.75, 3.05) is 13.2 Å². The van der Waals surface area contributed by atoms with Gasteiger partial charge in [-0.2, -0.15) is 0 Å². The lowest BCUT2D eigenvalue weighted by molar-refractivity contribution is -0.143. The second kappa shape index (κ2) is 53.2. The normalized spacial score (nSPS) is 12.6. The molecule has 0 saturated carbocycles. The van der Waals surface area contributed by atoms with Crippen molar-refractivity contribution in [2.45, 2.75) is 328 Å². The van der Waals surface area contributed by atoms with E-state index in [-0.39, 0.29) is 18.5 Å². The van der Waals surface area contributed by atoms with Gasteiger partial charge in [0.25, 0.3) is 0 Å². The van der Waals surface area contributed by atoms with Crippen LogP contribution in [0, 0.1) is 0 Å². The van der Waals surface area contributed by atoms with Crippen LogP contribution in [0.25, 0.3) is 0 Å². The minimum atomic E-state index is -0.842. The van der Waals surface area contributed by atoms with Crippen molar-refractivity contribution in [3.05, 3.63) is 12.2 Å². The van der Waals surface area contributed by atoms with E-state index in [0.717, 1.165) is 38.5 Å². The highest BCUT2D eigenvalue weighted by Crippen LogP contribution is 2.17. The molecule has 0 aliphatic heterocycles. The van der Waals surface area contributed by atoms with Crippen molar-refractivity contribution in [3.63, 3.8) is 0 Å². The number of carbonyl (C=O) groups is 2. The zero-order chi connectivity index (χ0) is 45.8. The molecule has 2 atom stereocenters. The van der Waals surface area contributed by atoms with Crippen LogP contribution in [0.4, 0.5) is 0 Å². The van der Waals surface area contributed by atoms with Crippen LogP contribution in [0.3, 0.4) is 0 Å². The number of aliphatic hydroxyl groups is 2. The number of hydrogen-bond donors (Lipinski definition) is 3. The smallest absolute Gasteiger partial charge is 0.305 e. The minimum absolute atomic E-state index is 0.0144. The van der Waals surface area contributed by atoms with E-state index in [1.165, 1.54) is 250 Å². The van der Waals surface area contributed by atoms with Gasteiger partial charge in [-0.15, -0.1) is 0 Å². The Balaban J connectivity index is 3.36. The van der Waals surface area contributed by atoms with Crippen molar-refractivity contribution < 1.29 is 24.5 Å². The van der Waals surface area contributed by atoms with E-state index in [4.69, 9.17) is 4.74 Å². The van der Waals surface area contributed by atoms with Crippen molar-refractivity contribution in [1.29, 1.82) is 0 Å². The molecule has 6 nitrogen and oxygen atoms in total. The largest absolute Gasteiger partial charge is 0.466 e. The molecule has 6 heteroatoms. The van der Waals surface area contributed by atoms with E-state index in [1.54, 1.807) is 6.08 Å². The van der Waals surface area contributed by atoms with Gasteiger partial charge in [0.1, 0.15) is 0 Å². The fourth-order valence-electron chi connectivity index (χ4n) is 8.93. The van der Waals surface area contributed by atoms with Gasteiger partial charge in [0, 0.05) is 12.8 Å². The number of nitrogens with one attached hydrogen (secondary N) is 1. The summed E-state index contributed by atoms with van der Waals surface area (Å²) in [4.78, 5) is 24.4. The SMILES string of the molecule is CCCCCCCCCC/C=C/C(O)C(CO)NC(=O)CCCCCCCCCCCCCCCCCCCCCCCOC(=O)CCCCCCCCCCCCCCCCC. The maximum Gasteiger partial charge on any atom is 0.305 e. The molecule has 1 amide bonds. The van der Waals surface area contributed by atoms with Gasteiger partial charge in [0.2, 0.25) is 5.91 Å². The number of aliphatic hydroxyl groups excluding tert-OH is 2. The first-order valence-corrected chi connectivity index (χ1v) is 28.5. The van der Waals surface area contributed by atoms with Crippen LogP contribution >= 0.6 is 0 Å². The predicted molar refractivity (Wildman–Crippen MR) is 273 cm³/mol. The Bertz CT molecular complexity index is 939. The van der Waals surface area contributed by atoms with Crippen LogP contribution in [-0.4, -0.2) is 47.4 Å². The summed E-state index contributed by atoms with van der Waals surface area (Å²) in [5.41, 5.74) is 0. The lowest BCUT2D eigenvalue weighted by Crippen LogP contribution is -2.45. The summed E-state index contributed by atoms with van der Waals surface area (Å²) in [6, 6.07) is -0.626. The van der Waals surface area contributed by atoms with Crippen molar-refractivity contribution in [2.24, 2.45) is 0 Å². The zero-order valence-corrected chi connectivity index (χ0v) is 42.6. The minimum Gasteiger partial charge on any atom is -0.466 e. The molecule has 63 heavy (non-hydrogen) atoms. The topological polar surface area (TPSA) is 95.9 Å². The maximum absolute atomic E-state index is 12.4. The molecule has 0 bridgehead atoms. The number of allylic oxidation sites excluding steroid dienone is 1. The molecule has 2 unspecified atom stereocenters. The summed E-state index contributed by atoms with van der Waals surface area (Å²) in [6.45, 7) is 4.90. The van der Waals surface area contributed by atoms with Crippen molar-refractivity contribution in [1.82, 2.24) is 5.32 Å². The van der Waals surface area contributed by atoms with E-state index >= 15 is 0 Å².